The molecule has 2 aromatic rings. The normalized spacial score (nSPS) is 23.3. The van der Waals surface area contributed by atoms with Crippen LogP contribution in [-0.2, 0) is 9.59 Å². The number of carbonyl (C=O) groups excluding carboxylic acids is 2. The predicted octanol–water partition coefficient (Wildman–Crippen LogP) is 5.77. The van der Waals surface area contributed by atoms with E-state index in [-0.39, 0.29) is 48.1 Å². The summed E-state index contributed by atoms with van der Waals surface area (Å²) in [6.07, 6.45) is -1.11. The molecule has 2 fully saturated rings. The lowest BCUT2D eigenvalue weighted by Crippen LogP contribution is -2.53. The van der Waals surface area contributed by atoms with Crippen molar-refractivity contribution in [1.29, 1.82) is 0 Å². The second-order valence-electron chi connectivity index (χ2n) is 10.2. The van der Waals surface area contributed by atoms with Gasteiger partial charge in [-0.1, -0.05) is 22.4 Å². The van der Waals surface area contributed by atoms with Crippen molar-refractivity contribution in [2.24, 2.45) is 5.92 Å². The first-order valence-electron chi connectivity index (χ1n) is 12.5. The van der Waals surface area contributed by atoms with E-state index in [1.54, 1.807) is 4.90 Å². The van der Waals surface area contributed by atoms with Gasteiger partial charge in [0.25, 0.3) is 5.91 Å². The van der Waals surface area contributed by atoms with Gasteiger partial charge in [0, 0.05) is 39.6 Å². The fraction of sp³-hybridized carbons (Fsp3) is 0.444. The summed E-state index contributed by atoms with van der Waals surface area (Å²) in [6, 6.07) is 10.5. The van der Waals surface area contributed by atoms with E-state index in [0.717, 1.165) is 54.3 Å². The van der Waals surface area contributed by atoms with Gasteiger partial charge in [0.2, 0.25) is 5.91 Å². The first kappa shape index (κ1) is 26.5. The smallest absolute Gasteiger partial charge is 0.481 e. The third kappa shape index (κ3) is 5.25. The lowest BCUT2D eigenvalue weighted by atomic mass is 9.72. The Kier molecular flexibility index (Phi) is 6.91. The Morgan fingerprint density at radius 1 is 1.08 bits per heavy atom. The number of hydrogen-bond acceptors (Lipinski definition) is 4. The number of nitrogens with zero attached hydrogens (tertiary/aromatic N) is 1. The average molecular weight is 595 g/mol. The Labute approximate surface area is 225 Å². The summed E-state index contributed by atoms with van der Waals surface area (Å²) in [4.78, 5) is 39.2. The Hall–Kier alpha value is -3.08. The monoisotopic (exact) mass is 594 g/mol. The lowest BCUT2D eigenvalue weighted by molar-refractivity contribution is -0.274. The summed E-state index contributed by atoms with van der Waals surface area (Å²) in [7, 11) is 0. The van der Waals surface area contributed by atoms with Crippen LogP contribution in [0.2, 0.25) is 0 Å². The summed E-state index contributed by atoms with van der Waals surface area (Å²) in [5.74, 6) is -2.02. The molecule has 3 atom stereocenters. The van der Waals surface area contributed by atoms with Gasteiger partial charge in [0.05, 0.1) is 6.42 Å². The Bertz CT molecular complexity index is 1260. The molecule has 2 amide bonds. The standard InChI is InChI=1S/C27H26BrF3N2O5/c28-16-6-9-21-19(14-16)24(26(12-13-26)32-22(34)10-11-23(35)36)18-2-1-3-20(18)33(21)25(37)15-4-7-17(8-5-15)38-27(29,30)31/h4-9,14,18,20,24H,1-3,10-13H2,(H,32,34)(H,35,36). The van der Waals surface area contributed by atoms with Crippen LogP contribution in [0.4, 0.5) is 18.9 Å². The van der Waals surface area contributed by atoms with E-state index in [1.807, 2.05) is 18.2 Å². The van der Waals surface area contributed by atoms with Crippen LogP contribution in [0.1, 0.15) is 66.8 Å². The first-order valence-corrected chi connectivity index (χ1v) is 13.3. The Morgan fingerprint density at radius 2 is 1.79 bits per heavy atom. The van der Waals surface area contributed by atoms with E-state index in [1.165, 1.54) is 12.1 Å². The molecule has 3 unspecified atom stereocenters. The molecule has 2 N–H and O–H groups in total. The zero-order valence-electron chi connectivity index (χ0n) is 20.3. The molecule has 1 heterocycles. The predicted molar refractivity (Wildman–Crippen MR) is 135 cm³/mol. The van der Waals surface area contributed by atoms with E-state index >= 15 is 0 Å². The number of hydrogen-bond donors (Lipinski definition) is 2. The van der Waals surface area contributed by atoms with Gasteiger partial charge in [0.15, 0.2) is 0 Å². The Balaban J connectivity index is 1.48. The topological polar surface area (TPSA) is 95.9 Å². The summed E-state index contributed by atoms with van der Waals surface area (Å²) in [6.45, 7) is 0. The fourth-order valence-electron chi connectivity index (χ4n) is 6.20. The van der Waals surface area contributed by atoms with E-state index < -0.39 is 23.6 Å². The summed E-state index contributed by atoms with van der Waals surface area (Å²) in [5.41, 5.74) is 1.39. The number of rotatable bonds is 7. The highest BCUT2D eigenvalue weighted by molar-refractivity contribution is 9.10. The molecule has 2 aromatic carbocycles. The number of nitrogens with one attached hydrogen (secondary N) is 1. The SMILES string of the molecule is O=C(O)CCC(=O)NC1(C2c3cc(Br)ccc3N(C(=O)c3ccc(OC(F)(F)F)cc3)C3CCCC32)CC1. The molecule has 3 aliphatic rings. The highest BCUT2D eigenvalue weighted by Crippen LogP contribution is 2.60. The number of fused-ring (bicyclic) bond motifs is 2. The number of benzene rings is 2. The maximum Gasteiger partial charge on any atom is 0.573 e. The molecule has 0 saturated heterocycles. The zero-order valence-corrected chi connectivity index (χ0v) is 21.8. The molecular weight excluding hydrogens is 569 g/mol. The van der Waals surface area contributed by atoms with Gasteiger partial charge in [-0.05, 0) is 79.6 Å². The van der Waals surface area contributed by atoms with Gasteiger partial charge in [0.1, 0.15) is 5.75 Å². The van der Waals surface area contributed by atoms with Gasteiger partial charge < -0.3 is 20.1 Å². The molecule has 2 saturated carbocycles. The minimum absolute atomic E-state index is 0.0529. The molecule has 1 aliphatic heterocycles. The minimum atomic E-state index is -4.82. The molecule has 7 nitrogen and oxygen atoms in total. The van der Waals surface area contributed by atoms with Crippen molar-refractivity contribution < 1.29 is 37.4 Å². The second kappa shape index (κ2) is 9.91. The molecule has 202 valence electrons. The van der Waals surface area contributed by atoms with Crippen LogP contribution in [0, 0.1) is 5.92 Å². The number of aliphatic carboxylic acids is 1. The third-order valence-corrected chi connectivity index (χ3v) is 8.26. The number of halogens is 4. The van der Waals surface area contributed by atoms with E-state index in [4.69, 9.17) is 5.11 Å². The molecule has 0 radical (unpaired) electrons. The van der Waals surface area contributed by atoms with Crippen molar-refractivity contribution in [3.63, 3.8) is 0 Å². The number of anilines is 1. The summed E-state index contributed by atoms with van der Waals surface area (Å²) >= 11 is 3.54. The molecule has 0 spiro atoms. The minimum Gasteiger partial charge on any atom is -0.481 e. The van der Waals surface area contributed by atoms with Crippen molar-refractivity contribution in [2.75, 3.05) is 4.90 Å². The Morgan fingerprint density at radius 3 is 2.42 bits per heavy atom. The average Bonchev–Trinajstić information content (AvgIpc) is 3.44. The van der Waals surface area contributed by atoms with Crippen molar-refractivity contribution in [1.82, 2.24) is 5.32 Å². The highest BCUT2D eigenvalue weighted by Gasteiger charge is 2.59. The van der Waals surface area contributed by atoms with E-state index in [2.05, 4.69) is 26.0 Å². The van der Waals surface area contributed by atoms with Crippen LogP contribution in [0.25, 0.3) is 0 Å². The number of ether oxygens (including phenoxy) is 1. The van der Waals surface area contributed by atoms with Gasteiger partial charge in [-0.15, -0.1) is 13.2 Å². The van der Waals surface area contributed by atoms with Gasteiger partial charge in [-0.25, -0.2) is 0 Å². The largest absolute Gasteiger partial charge is 0.573 e. The van der Waals surface area contributed by atoms with Crippen LogP contribution in [0.15, 0.2) is 46.9 Å². The molecule has 5 rings (SSSR count). The number of carboxylic acids is 1. The van der Waals surface area contributed by atoms with E-state index in [0.29, 0.717) is 5.69 Å². The van der Waals surface area contributed by atoms with Crippen molar-refractivity contribution in [3.8, 4) is 5.75 Å². The third-order valence-electron chi connectivity index (χ3n) is 7.77. The first-order chi connectivity index (χ1) is 18.0. The number of carboxylic acid groups (broad SMARTS) is 1. The van der Waals surface area contributed by atoms with Crippen LogP contribution in [-0.4, -0.2) is 40.8 Å². The van der Waals surface area contributed by atoms with Gasteiger partial charge >= 0.3 is 12.3 Å². The summed E-state index contributed by atoms with van der Waals surface area (Å²) < 4.78 is 42.5. The van der Waals surface area contributed by atoms with Crippen molar-refractivity contribution in [3.05, 3.63) is 58.1 Å². The van der Waals surface area contributed by atoms with Crippen LogP contribution in [0.3, 0.4) is 0 Å². The lowest BCUT2D eigenvalue weighted by Gasteiger charge is -2.47. The number of carbonyl (C=O) groups is 3. The number of alkyl halides is 3. The van der Waals surface area contributed by atoms with E-state index in [9.17, 15) is 27.6 Å². The molecule has 11 heteroatoms. The molecular formula is C27H26BrF3N2O5. The van der Waals surface area contributed by atoms with Crippen LogP contribution < -0.4 is 15.0 Å². The van der Waals surface area contributed by atoms with Crippen molar-refractivity contribution in [2.45, 2.75) is 68.8 Å². The van der Waals surface area contributed by atoms with Crippen molar-refractivity contribution >= 4 is 39.4 Å². The summed E-state index contributed by atoms with van der Waals surface area (Å²) in [5, 5.41) is 12.1. The quantitative estimate of drug-likeness (QED) is 0.424. The molecule has 38 heavy (non-hydrogen) atoms. The molecule has 2 aliphatic carbocycles. The second-order valence-corrected chi connectivity index (χ2v) is 11.1. The molecule has 0 bridgehead atoms. The highest BCUT2D eigenvalue weighted by atomic mass is 79.9. The van der Waals surface area contributed by atoms with Gasteiger partial charge in [-0.2, -0.15) is 0 Å². The van der Waals surface area contributed by atoms with Crippen LogP contribution >= 0.6 is 15.9 Å². The van der Waals surface area contributed by atoms with Crippen LogP contribution in [0.5, 0.6) is 5.75 Å². The molecule has 0 aromatic heterocycles. The zero-order chi connectivity index (χ0) is 27.2. The maximum absolute atomic E-state index is 13.8. The maximum atomic E-state index is 13.8. The van der Waals surface area contributed by atoms with Gasteiger partial charge in [-0.3, -0.25) is 14.4 Å². The fourth-order valence-corrected chi connectivity index (χ4v) is 6.58. The number of amides is 2.